The summed E-state index contributed by atoms with van der Waals surface area (Å²) in [6.07, 6.45) is 5.22. The Morgan fingerprint density at radius 2 is 1.66 bits per heavy atom. The van der Waals surface area contributed by atoms with Gasteiger partial charge in [-0.2, -0.15) is 14.6 Å². The van der Waals surface area contributed by atoms with Gasteiger partial charge >= 0.3 is 0 Å². The third-order valence-electron chi connectivity index (χ3n) is 7.71. The van der Waals surface area contributed by atoms with Crippen molar-refractivity contribution in [1.29, 1.82) is 0 Å². The molecule has 9 heteroatoms. The molecule has 3 aromatic heterocycles. The molecule has 1 aliphatic heterocycles. The van der Waals surface area contributed by atoms with Crippen molar-refractivity contribution in [2.45, 2.75) is 46.0 Å². The summed E-state index contributed by atoms with van der Waals surface area (Å²) in [5.41, 5.74) is 6.00. The average Bonchev–Trinajstić information content (AvgIpc) is 3.62. The summed E-state index contributed by atoms with van der Waals surface area (Å²) < 4.78 is 3.71. The van der Waals surface area contributed by atoms with Gasteiger partial charge in [0, 0.05) is 37.9 Å². The second-order valence-electron chi connectivity index (χ2n) is 11.6. The minimum absolute atomic E-state index is 0.0286. The number of hydrogen-bond donors (Lipinski definition) is 0. The maximum absolute atomic E-state index is 13.6. The first-order valence-electron chi connectivity index (χ1n) is 14.3. The van der Waals surface area contributed by atoms with E-state index in [1.54, 1.807) is 12.4 Å². The van der Waals surface area contributed by atoms with Crippen molar-refractivity contribution in [3.8, 4) is 16.9 Å². The van der Waals surface area contributed by atoms with Crippen LogP contribution in [0.2, 0.25) is 0 Å². The molecule has 6 rings (SSSR count). The Morgan fingerprint density at radius 1 is 0.927 bits per heavy atom. The Kier molecular flexibility index (Phi) is 7.03. The minimum atomic E-state index is 0.0286. The SMILES string of the molecule is CCCc1c(C(=O)N2CCN(c3nc4nccc(-c5ccc(C(C)(C)C)cc5)n4n3)CC2)cnn1-c1ccccc1. The van der Waals surface area contributed by atoms with Gasteiger partial charge in [0.05, 0.1) is 28.8 Å². The largest absolute Gasteiger partial charge is 0.336 e. The summed E-state index contributed by atoms with van der Waals surface area (Å²) in [5, 5.41) is 9.43. The maximum Gasteiger partial charge on any atom is 0.257 e. The molecule has 9 nitrogen and oxygen atoms in total. The number of hydrogen-bond acceptors (Lipinski definition) is 6. The predicted molar refractivity (Wildman–Crippen MR) is 161 cm³/mol. The Morgan fingerprint density at radius 3 is 2.34 bits per heavy atom. The van der Waals surface area contributed by atoms with Crippen LogP contribution in [0.25, 0.3) is 22.7 Å². The summed E-state index contributed by atoms with van der Waals surface area (Å²) in [7, 11) is 0. The molecule has 0 bridgehead atoms. The second-order valence-corrected chi connectivity index (χ2v) is 11.6. The van der Waals surface area contributed by atoms with E-state index in [2.05, 4.69) is 66.9 Å². The minimum Gasteiger partial charge on any atom is -0.336 e. The van der Waals surface area contributed by atoms with Gasteiger partial charge in [-0.3, -0.25) is 4.79 Å². The van der Waals surface area contributed by atoms with Gasteiger partial charge in [-0.05, 0) is 35.6 Å². The molecule has 0 spiro atoms. The number of piperazine rings is 1. The first-order valence-corrected chi connectivity index (χ1v) is 14.3. The van der Waals surface area contributed by atoms with E-state index in [-0.39, 0.29) is 11.3 Å². The highest BCUT2D eigenvalue weighted by atomic mass is 16.2. The molecule has 0 aliphatic carbocycles. The lowest BCUT2D eigenvalue weighted by atomic mass is 9.86. The molecule has 1 aliphatic rings. The van der Waals surface area contributed by atoms with Gasteiger partial charge in [0.15, 0.2) is 0 Å². The molecule has 0 N–H and O–H groups in total. The highest BCUT2D eigenvalue weighted by Gasteiger charge is 2.28. The zero-order chi connectivity index (χ0) is 28.6. The number of nitrogens with zero attached hydrogens (tertiary/aromatic N) is 8. The third kappa shape index (κ3) is 5.19. The van der Waals surface area contributed by atoms with Gasteiger partial charge in [0.2, 0.25) is 5.95 Å². The van der Waals surface area contributed by atoms with E-state index in [0.29, 0.717) is 43.5 Å². The van der Waals surface area contributed by atoms with Crippen molar-refractivity contribution in [2.75, 3.05) is 31.1 Å². The molecule has 0 unspecified atom stereocenters. The molecule has 5 aromatic rings. The molecule has 1 amide bonds. The predicted octanol–water partition coefficient (Wildman–Crippen LogP) is 5.19. The normalized spacial score (nSPS) is 14.1. The summed E-state index contributed by atoms with van der Waals surface area (Å²) in [5.74, 6) is 1.22. The van der Waals surface area contributed by atoms with Crippen LogP contribution in [0.4, 0.5) is 5.95 Å². The standard InChI is InChI=1S/C32H36N8O/c1-5-9-28-26(22-34-39(28)25-10-7-6-8-11-25)29(41)37-18-20-38(21-19-37)31-35-30-33-17-16-27(40(30)36-31)23-12-14-24(15-13-23)32(2,3)4/h6-8,10-17,22H,5,9,18-21H2,1-4H3. The van der Waals surface area contributed by atoms with Gasteiger partial charge in [-0.1, -0.05) is 76.6 Å². The molecule has 0 saturated carbocycles. The molecule has 4 heterocycles. The van der Waals surface area contributed by atoms with Gasteiger partial charge < -0.3 is 9.80 Å². The van der Waals surface area contributed by atoms with E-state index in [9.17, 15) is 4.79 Å². The number of amides is 1. The smallest absolute Gasteiger partial charge is 0.257 e. The molecular weight excluding hydrogens is 512 g/mol. The molecule has 1 saturated heterocycles. The lowest BCUT2D eigenvalue weighted by molar-refractivity contribution is 0.0745. The molecular formula is C32H36N8O. The van der Waals surface area contributed by atoms with Crippen molar-refractivity contribution >= 4 is 17.6 Å². The highest BCUT2D eigenvalue weighted by Crippen LogP contribution is 2.27. The van der Waals surface area contributed by atoms with E-state index in [0.717, 1.165) is 35.5 Å². The van der Waals surface area contributed by atoms with E-state index < -0.39 is 0 Å². The zero-order valence-corrected chi connectivity index (χ0v) is 24.2. The van der Waals surface area contributed by atoms with Crippen LogP contribution >= 0.6 is 0 Å². The van der Waals surface area contributed by atoms with Crippen LogP contribution in [0.3, 0.4) is 0 Å². The molecule has 1 fully saturated rings. The number of para-hydroxylation sites is 1. The first-order chi connectivity index (χ1) is 19.8. The number of benzene rings is 2. The fourth-order valence-electron chi connectivity index (χ4n) is 5.38. The van der Waals surface area contributed by atoms with Crippen LogP contribution < -0.4 is 4.90 Å². The lowest BCUT2D eigenvalue weighted by Gasteiger charge is -2.34. The first kappa shape index (κ1) is 26.7. The van der Waals surface area contributed by atoms with E-state index in [1.807, 2.05) is 50.5 Å². The van der Waals surface area contributed by atoms with Crippen molar-refractivity contribution in [2.24, 2.45) is 0 Å². The second kappa shape index (κ2) is 10.8. The fraction of sp³-hybridized carbons (Fsp3) is 0.344. The van der Waals surface area contributed by atoms with Crippen LogP contribution in [-0.2, 0) is 11.8 Å². The molecule has 2 aromatic carbocycles. The monoisotopic (exact) mass is 548 g/mol. The third-order valence-corrected chi connectivity index (χ3v) is 7.71. The Bertz CT molecular complexity index is 1660. The lowest BCUT2D eigenvalue weighted by Crippen LogP contribution is -2.49. The van der Waals surface area contributed by atoms with Crippen molar-refractivity contribution < 1.29 is 4.79 Å². The quantitative estimate of drug-likeness (QED) is 0.290. The van der Waals surface area contributed by atoms with E-state index in [4.69, 9.17) is 10.1 Å². The number of carbonyl (C=O) groups excluding carboxylic acids is 1. The topological polar surface area (TPSA) is 84.5 Å². The van der Waals surface area contributed by atoms with Gasteiger partial charge in [0.1, 0.15) is 0 Å². The Hall–Kier alpha value is -4.53. The zero-order valence-electron chi connectivity index (χ0n) is 24.2. The summed E-state index contributed by atoms with van der Waals surface area (Å²) in [6, 6.07) is 20.6. The van der Waals surface area contributed by atoms with Crippen LogP contribution in [-0.4, -0.2) is 66.3 Å². The molecule has 0 radical (unpaired) electrons. The van der Waals surface area contributed by atoms with Crippen LogP contribution in [0.1, 0.15) is 55.7 Å². The van der Waals surface area contributed by atoms with Gasteiger partial charge in [0.25, 0.3) is 11.7 Å². The van der Waals surface area contributed by atoms with Crippen LogP contribution in [0, 0.1) is 0 Å². The molecule has 41 heavy (non-hydrogen) atoms. The molecule has 210 valence electrons. The summed E-state index contributed by atoms with van der Waals surface area (Å²) >= 11 is 0. The van der Waals surface area contributed by atoms with Crippen molar-refractivity contribution in [3.05, 3.63) is 89.9 Å². The van der Waals surface area contributed by atoms with E-state index >= 15 is 0 Å². The van der Waals surface area contributed by atoms with Crippen LogP contribution in [0.5, 0.6) is 0 Å². The summed E-state index contributed by atoms with van der Waals surface area (Å²) in [4.78, 5) is 26.9. The van der Waals surface area contributed by atoms with Gasteiger partial charge in [-0.25, -0.2) is 9.67 Å². The summed E-state index contributed by atoms with van der Waals surface area (Å²) in [6.45, 7) is 11.2. The average molecular weight is 549 g/mol. The van der Waals surface area contributed by atoms with Crippen molar-refractivity contribution in [3.63, 3.8) is 0 Å². The Labute approximate surface area is 240 Å². The number of aromatic nitrogens is 6. The fourth-order valence-corrected chi connectivity index (χ4v) is 5.38. The molecule has 0 atom stereocenters. The number of carbonyl (C=O) groups is 1. The number of fused-ring (bicyclic) bond motifs is 1. The maximum atomic E-state index is 13.6. The van der Waals surface area contributed by atoms with E-state index in [1.165, 1.54) is 5.56 Å². The Balaban J connectivity index is 1.19. The highest BCUT2D eigenvalue weighted by molar-refractivity contribution is 5.95. The van der Waals surface area contributed by atoms with Crippen molar-refractivity contribution in [1.82, 2.24) is 34.3 Å². The number of rotatable bonds is 6. The van der Waals surface area contributed by atoms with Crippen LogP contribution in [0.15, 0.2) is 73.1 Å². The van der Waals surface area contributed by atoms with Gasteiger partial charge in [-0.15, -0.1) is 5.10 Å². The number of anilines is 1.